The van der Waals surface area contributed by atoms with Crippen molar-refractivity contribution in [3.8, 4) is 0 Å². The summed E-state index contributed by atoms with van der Waals surface area (Å²) < 4.78 is 0. The van der Waals surface area contributed by atoms with E-state index in [0.29, 0.717) is 11.7 Å². The van der Waals surface area contributed by atoms with Crippen LogP contribution < -0.4 is 5.73 Å². The van der Waals surface area contributed by atoms with Gasteiger partial charge in [0.1, 0.15) is 0 Å². The van der Waals surface area contributed by atoms with Crippen LogP contribution in [0.5, 0.6) is 0 Å². The average Bonchev–Trinajstić information content (AvgIpc) is 2.65. The van der Waals surface area contributed by atoms with Gasteiger partial charge in [0, 0.05) is 5.92 Å². The lowest BCUT2D eigenvalue weighted by molar-refractivity contribution is 0.486. The van der Waals surface area contributed by atoms with Gasteiger partial charge < -0.3 is 5.73 Å². The topological polar surface area (TPSA) is 56.7 Å². The van der Waals surface area contributed by atoms with Crippen molar-refractivity contribution in [3.63, 3.8) is 0 Å². The molecule has 1 heterocycles. The van der Waals surface area contributed by atoms with E-state index < -0.39 is 0 Å². The summed E-state index contributed by atoms with van der Waals surface area (Å²) in [7, 11) is 0. The molecule has 4 nitrogen and oxygen atoms in total. The fraction of sp³-hybridized carbons (Fsp3) is 0.273. The van der Waals surface area contributed by atoms with Crippen LogP contribution in [0.25, 0.3) is 0 Å². The number of hydrogen-bond donors (Lipinski definition) is 1. The molecule has 1 aromatic heterocycles. The predicted molar refractivity (Wildman–Crippen MR) is 59.3 cm³/mol. The van der Waals surface area contributed by atoms with E-state index in [1.807, 2.05) is 18.2 Å². The maximum Gasteiger partial charge on any atom is 0.165 e. The van der Waals surface area contributed by atoms with Gasteiger partial charge in [0.05, 0.1) is 12.7 Å². The third-order valence-corrected chi connectivity index (χ3v) is 2.36. The van der Waals surface area contributed by atoms with Gasteiger partial charge in [-0.1, -0.05) is 37.3 Å². The minimum absolute atomic E-state index is 0.387. The molecule has 0 aliphatic rings. The van der Waals surface area contributed by atoms with Gasteiger partial charge in [-0.05, 0) is 5.56 Å². The molecule has 15 heavy (non-hydrogen) atoms. The highest BCUT2D eigenvalue weighted by Gasteiger charge is 2.07. The van der Waals surface area contributed by atoms with E-state index in [2.05, 4.69) is 29.3 Å². The second-order valence-electron chi connectivity index (χ2n) is 3.64. The zero-order valence-corrected chi connectivity index (χ0v) is 8.67. The van der Waals surface area contributed by atoms with Crippen molar-refractivity contribution in [1.82, 2.24) is 15.0 Å². The van der Waals surface area contributed by atoms with Crippen molar-refractivity contribution in [2.75, 3.05) is 5.73 Å². The fourth-order valence-corrected chi connectivity index (χ4v) is 1.53. The van der Waals surface area contributed by atoms with Crippen molar-refractivity contribution in [2.45, 2.75) is 19.4 Å². The van der Waals surface area contributed by atoms with Crippen molar-refractivity contribution >= 4 is 5.82 Å². The highest BCUT2D eigenvalue weighted by molar-refractivity contribution is 5.20. The minimum Gasteiger partial charge on any atom is -0.381 e. The summed E-state index contributed by atoms with van der Waals surface area (Å²) in [5, 5.41) is 8.12. The van der Waals surface area contributed by atoms with Gasteiger partial charge in [-0.15, -0.1) is 5.10 Å². The molecule has 0 saturated heterocycles. The number of nitrogens with two attached hydrogens (primary N) is 1. The molecular formula is C11H14N4. The van der Waals surface area contributed by atoms with Crippen LogP contribution in [0.4, 0.5) is 5.82 Å². The van der Waals surface area contributed by atoms with Crippen LogP contribution in [0, 0.1) is 0 Å². The molecule has 0 bridgehead atoms. The van der Waals surface area contributed by atoms with Crippen LogP contribution in [-0.2, 0) is 6.54 Å². The Morgan fingerprint density at radius 3 is 2.67 bits per heavy atom. The van der Waals surface area contributed by atoms with Crippen LogP contribution in [0.1, 0.15) is 18.4 Å². The number of hydrogen-bond acceptors (Lipinski definition) is 3. The molecule has 0 radical (unpaired) electrons. The van der Waals surface area contributed by atoms with Crippen molar-refractivity contribution in [3.05, 3.63) is 42.1 Å². The van der Waals surface area contributed by atoms with Gasteiger partial charge in [-0.25, -0.2) is 0 Å². The van der Waals surface area contributed by atoms with Crippen molar-refractivity contribution in [1.29, 1.82) is 0 Å². The normalized spacial score (nSPS) is 12.6. The smallest absolute Gasteiger partial charge is 0.165 e. The molecule has 1 unspecified atom stereocenters. The Morgan fingerprint density at radius 2 is 2.07 bits per heavy atom. The standard InChI is InChI=1S/C11H14N4/c1-9(10-5-3-2-4-6-10)8-15-13-7-11(12)14-15/h2-7,9H,8H2,1H3,(H2,12,14). The number of rotatable bonds is 3. The third-order valence-electron chi connectivity index (χ3n) is 2.36. The average molecular weight is 202 g/mol. The summed E-state index contributed by atoms with van der Waals surface area (Å²) in [4.78, 5) is 1.63. The van der Waals surface area contributed by atoms with Crippen LogP contribution in [0.15, 0.2) is 36.5 Å². The van der Waals surface area contributed by atoms with Crippen molar-refractivity contribution < 1.29 is 0 Å². The van der Waals surface area contributed by atoms with E-state index in [9.17, 15) is 0 Å². The second kappa shape index (κ2) is 4.13. The van der Waals surface area contributed by atoms with Gasteiger partial charge in [0.2, 0.25) is 0 Å². The van der Waals surface area contributed by atoms with Gasteiger partial charge in [0.25, 0.3) is 0 Å². The van der Waals surface area contributed by atoms with E-state index in [1.165, 1.54) is 5.56 Å². The largest absolute Gasteiger partial charge is 0.381 e. The number of anilines is 1. The first-order chi connectivity index (χ1) is 7.25. The Labute approximate surface area is 88.7 Å². The van der Waals surface area contributed by atoms with E-state index in [-0.39, 0.29) is 0 Å². The second-order valence-corrected chi connectivity index (χ2v) is 3.64. The summed E-state index contributed by atoms with van der Waals surface area (Å²) >= 11 is 0. The lowest BCUT2D eigenvalue weighted by Crippen LogP contribution is -2.09. The van der Waals surface area contributed by atoms with Crippen LogP contribution >= 0.6 is 0 Å². The molecule has 1 atom stereocenters. The zero-order chi connectivity index (χ0) is 10.7. The molecule has 2 aromatic rings. The van der Waals surface area contributed by atoms with Crippen LogP contribution in [-0.4, -0.2) is 15.0 Å². The first-order valence-corrected chi connectivity index (χ1v) is 4.96. The summed E-state index contributed by atoms with van der Waals surface area (Å²) in [6.45, 7) is 2.90. The quantitative estimate of drug-likeness (QED) is 0.823. The Balaban J connectivity index is 2.07. The highest BCUT2D eigenvalue weighted by Crippen LogP contribution is 2.15. The Bertz CT molecular complexity index is 421. The molecule has 4 heteroatoms. The molecule has 0 fully saturated rings. The lowest BCUT2D eigenvalue weighted by Gasteiger charge is -2.10. The molecule has 2 N–H and O–H groups in total. The van der Waals surface area contributed by atoms with Crippen LogP contribution in [0.2, 0.25) is 0 Å². The lowest BCUT2D eigenvalue weighted by atomic mass is 10.0. The molecule has 0 aliphatic heterocycles. The van der Waals surface area contributed by atoms with E-state index in [1.54, 1.807) is 11.0 Å². The number of nitrogens with zero attached hydrogens (tertiary/aromatic N) is 3. The Hall–Kier alpha value is -1.84. The van der Waals surface area contributed by atoms with Crippen LogP contribution in [0.3, 0.4) is 0 Å². The summed E-state index contributed by atoms with van der Waals surface area (Å²) in [6, 6.07) is 10.3. The maximum absolute atomic E-state index is 5.50. The molecule has 1 aromatic carbocycles. The molecule has 2 rings (SSSR count). The SMILES string of the molecule is CC(Cn1ncc(N)n1)c1ccccc1. The molecule has 0 amide bonds. The third kappa shape index (κ3) is 2.34. The minimum atomic E-state index is 0.387. The first kappa shape index (κ1) is 9.71. The van der Waals surface area contributed by atoms with Gasteiger partial charge >= 0.3 is 0 Å². The van der Waals surface area contributed by atoms with E-state index in [4.69, 9.17) is 5.73 Å². The monoisotopic (exact) mass is 202 g/mol. The number of benzene rings is 1. The van der Waals surface area contributed by atoms with Crippen molar-refractivity contribution in [2.24, 2.45) is 0 Å². The summed E-state index contributed by atoms with van der Waals surface area (Å²) in [5.74, 6) is 0.855. The van der Waals surface area contributed by atoms with Gasteiger partial charge in [0.15, 0.2) is 5.82 Å². The Kier molecular flexibility index (Phi) is 2.67. The maximum atomic E-state index is 5.50. The molecular weight excluding hydrogens is 188 g/mol. The zero-order valence-electron chi connectivity index (χ0n) is 8.67. The fourth-order valence-electron chi connectivity index (χ4n) is 1.53. The molecule has 0 aliphatic carbocycles. The Morgan fingerprint density at radius 1 is 1.33 bits per heavy atom. The highest BCUT2D eigenvalue weighted by atomic mass is 15.5. The summed E-state index contributed by atoms with van der Waals surface area (Å²) in [6.07, 6.45) is 1.57. The van der Waals surface area contributed by atoms with Gasteiger partial charge in [-0.2, -0.15) is 9.90 Å². The predicted octanol–water partition coefficient (Wildman–Crippen LogP) is 1.66. The van der Waals surface area contributed by atoms with E-state index in [0.717, 1.165) is 6.54 Å². The van der Waals surface area contributed by atoms with Gasteiger partial charge in [-0.3, -0.25) is 0 Å². The first-order valence-electron chi connectivity index (χ1n) is 4.96. The molecule has 0 spiro atoms. The molecule has 0 saturated carbocycles. The number of nitrogen functional groups attached to an aromatic ring is 1. The van der Waals surface area contributed by atoms with E-state index >= 15 is 0 Å². The summed E-state index contributed by atoms with van der Waals surface area (Å²) in [5.41, 5.74) is 6.78. The molecule has 78 valence electrons. The number of aromatic nitrogens is 3.